The highest BCUT2D eigenvalue weighted by atomic mass is 32.1. The van der Waals surface area contributed by atoms with Crippen molar-refractivity contribution in [2.75, 3.05) is 38.3 Å². The molecule has 2 aliphatic rings. The lowest BCUT2D eigenvalue weighted by Crippen LogP contribution is -2.55. The molecule has 4 heterocycles. The van der Waals surface area contributed by atoms with Gasteiger partial charge in [0.2, 0.25) is 5.91 Å². The van der Waals surface area contributed by atoms with Gasteiger partial charge in [0, 0.05) is 42.1 Å². The highest BCUT2D eigenvalue weighted by Gasteiger charge is 2.45. The summed E-state index contributed by atoms with van der Waals surface area (Å²) in [5, 5.41) is 10.2. The first kappa shape index (κ1) is 35.0. The second-order valence-corrected chi connectivity index (χ2v) is 12.9. The van der Waals surface area contributed by atoms with Crippen molar-refractivity contribution in [3.8, 4) is 5.69 Å². The van der Waals surface area contributed by atoms with Crippen LogP contribution in [0.5, 0.6) is 0 Å². The smallest absolute Gasteiger partial charge is 0.378 e. The maximum absolute atomic E-state index is 14.3. The van der Waals surface area contributed by atoms with E-state index in [0.717, 1.165) is 16.6 Å². The number of carbonyl (C=O) groups is 3. The number of alkyl halides is 3. The van der Waals surface area contributed by atoms with Crippen LogP contribution in [-0.2, 0) is 27.0 Å². The Morgan fingerprint density at radius 1 is 1.14 bits per heavy atom. The minimum absolute atomic E-state index is 0.189. The van der Waals surface area contributed by atoms with E-state index in [1.54, 1.807) is 29.9 Å². The summed E-state index contributed by atoms with van der Waals surface area (Å²) in [4.78, 5) is 47.9. The number of nitrogens with one attached hydrogen (secondary N) is 2. The standard InChI is InChI=1S/C35H36F3N7O4S/c1-4-22(17-43(3)25-18-49-19-25)30(46)39-15-21-10-9-11-23(14-21)28-26-16-40-45(24-12-7-6-8-13-24)32(26)44(5-2)33(48)29(28)42-31(47)27-20-50-34(41-27)35(36,37)38/h4,6-14,16,20,25,28-29H,5,15,17-19H2,1-3H3,(H,39,46)(H,42,47)/b22-4+/t28-,29+/m1/s1. The van der Waals surface area contributed by atoms with Gasteiger partial charge in [-0.1, -0.05) is 48.5 Å². The topological polar surface area (TPSA) is 122 Å². The minimum Gasteiger partial charge on any atom is -0.378 e. The van der Waals surface area contributed by atoms with Gasteiger partial charge in [-0.25, -0.2) is 9.67 Å². The fraction of sp³-hybridized carbons (Fsp3) is 0.343. The predicted octanol–water partition coefficient (Wildman–Crippen LogP) is 4.54. The lowest BCUT2D eigenvalue weighted by Gasteiger charge is -2.38. The summed E-state index contributed by atoms with van der Waals surface area (Å²) >= 11 is 0.309. The third-order valence-corrected chi connectivity index (χ3v) is 9.76. The zero-order valence-electron chi connectivity index (χ0n) is 27.6. The monoisotopic (exact) mass is 707 g/mol. The van der Waals surface area contributed by atoms with Gasteiger partial charge in [-0.15, -0.1) is 11.3 Å². The number of hydrogen-bond acceptors (Lipinski definition) is 8. The fourth-order valence-electron chi connectivity index (χ4n) is 6.10. The summed E-state index contributed by atoms with van der Waals surface area (Å²) in [6, 6.07) is 15.6. The molecule has 2 aromatic carbocycles. The number of amides is 3. The van der Waals surface area contributed by atoms with Crippen molar-refractivity contribution < 1.29 is 32.3 Å². The molecule has 4 aromatic rings. The number of allylic oxidation sites excluding steroid dienone is 1. The summed E-state index contributed by atoms with van der Waals surface area (Å²) in [5.41, 5.74) is 2.92. The first-order valence-electron chi connectivity index (χ1n) is 16.1. The van der Waals surface area contributed by atoms with Crippen LogP contribution in [0.1, 0.15) is 52.0 Å². The Hall–Kier alpha value is -4.86. The maximum Gasteiger partial charge on any atom is 0.443 e. The number of ether oxygens (including phenoxy) is 1. The van der Waals surface area contributed by atoms with Gasteiger partial charge < -0.3 is 15.4 Å². The third kappa shape index (κ3) is 7.06. The van der Waals surface area contributed by atoms with Crippen LogP contribution < -0.4 is 15.5 Å². The molecule has 1 fully saturated rings. The Morgan fingerprint density at radius 2 is 1.90 bits per heavy atom. The van der Waals surface area contributed by atoms with Gasteiger partial charge >= 0.3 is 6.18 Å². The first-order valence-corrected chi connectivity index (χ1v) is 17.0. The van der Waals surface area contributed by atoms with Crippen LogP contribution in [0.15, 0.2) is 77.8 Å². The van der Waals surface area contributed by atoms with Crippen molar-refractivity contribution in [3.63, 3.8) is 0 Å². The summed E-state index contributed by atoms with van der Waals surface area (Å²) in [5.74, 6) is -1.84. The predicted molar refractivity (Wildman–Crippen MR) is 181 cm³/mol. The summed E-state index contributed by atoms with van der Waals surface area (Å²) in [6.07, 6.45) is -1.28. The minimum atomic E-state index is -4.71. The van der Waals surface area contributed by atoms with Crippen molar-refractivity contribution in [2.24, 2.45) is 0 Å². The molecule has 0 bridgehead atoms. The normalized spacial score (nSPS) is 18.2. The summed E-state index contributed by atoms with van der Waals surface area (Å²) in [7, 11) is 1.95. The van der Waals surface area contributed by atoms with Crippen LogP contribution in [0.25, 0.3) is 5.69 Å². The van der Waals surface area contributed by atoms with E-state index < -0.39 is 40.7 Å². The molecule has 11 nitrogen and oxygen atoms in total. The third-order valence-electron chi connectivity index (χ3n) is 8.88. The molecule has 2 aromatic heterocycles. The second kappa shape index (κ2) is 14.5. The molecule has 15 heteroatoms. The van der Waals surface area contributed by atoms with E-state index in [2.05, 4.69) is 25.6 Å². The molecule has 2 N–H and O–H groups in total. The molecule has 6 rings (SSSR count). The summed E-state index contributed by atoms with van der Waals surface area (Å²) < 4.78 is 46.8. The van der Waals surface area contributed by atoms with Crippen LogP contribution in [0, 0.1) is 0 Å². The molecule has 50 heavy (non-hydrogen) atoms. The first-order chi connectivity index (χ1) is 24.0. The molecular formula is C35H36F3N7O4S. The lowest BCUT2D eigenvalue weighted by atomic mass is 9.82. The van der Waals surface area contributed by atoms with E-state index in [1.807, 2.05) is 62.5 Å². The number of aromatic nitrogens is 3. The molecule has 0 saturated carbocycles. The summed E-state index contributed by atoms with van der Waals surface area (Å²) in [6.45, 7) is 5.76. The SMILES string of the molecule is C/C=C(\CN(C)C1COC1)C(=O)NCc1cccc([C@@H]2c3cnn(-c4ccccc4)c3N(CC)C(=O)[C@H]2NC(=O)c2csc(C(F)(F)F)n2)c1. The number of para-hydroxylation sites is 1. The number of thiazole rings is 1. The second-order valence-electron chi connectivity index (χ2n) is 12.1. The number of benzene rings is 2. The largest absolute Gasteiger partial charge is 0.443 e. The van der Waals surface area contributed by atoms with Gasteiger partial charge in [-0.3, -0.25) is 24.2 Å². The number of nitrogens with zero attached hydrogens (tertiary/aromatic N) is 5. The van der Waals surface area contributed by atoms with Crippen LogP contribution in [0.4, 0.5) is 19.0 Å². The van der Waals surface area contributed by atoms with E-state index in [0.29, 0.717) is 53.6 Å². The Bertz CT molecular complexity index is 1900. The Kier molecular flexibility index (Phi) is 10.2. The highest BCUT2D eigenvalue weighted by molar-refractivity contribution is 7.10. The van der Waals surface area contributed by atoms with Crippen molar-refractivity contribution in [1.82, 2.24) is 30.3 Å². The number of fused-ring (bicyclic) bond motifs is 1. The fourth-order valence-corrected chi connectivity index (χ4v) is 6.77. The molecule has 1 saturated heterocycles. The highest BCUT2D eigenvalue weighted by Crippen LogP contribution is 2.42. The lowest BCUT2D eigenvalue weighted by molar-refractivity contribution is -0.137. The number of anilines is 1. The molecular weight excluding hydrogens is 671 g/mol. The van der Waals surface area contributed by atoms with E-state index in [4.69, 9.17) is 4.74 Å². The van der Waals surface area contributed by atoms with Crippen molar-refractivity contribution in [2.45, 2.75) is 44.6 Å². The molecule has 0 aliphatic carbocycles. The molecule has 0 spiro atoms. The van der Waals surface area contributed by atoms with Crippen LogP contribution in [0.3, 0.4) is 0 Å². The Balaban J connectivity index is 1.32. The van der Waals surface area contributed by atoms with E-state index in [-0.39, 0.29) is 25.0 Å². The molecule has 262 valence electrons. The number of halogens is 3. The van der Waals surface area contributed by atoms with Gasteiger partial charge in [0.15, 0.2) is 5.01 Å². The van der Waals surface area contributed by atoms with Gasteiger partial charge in [-0.2, -0.15) is 18.3 Å². The number of hydrogen-bond donors (Lipinski definition) is 2. The van der Waals surface area contributed by atoms with Crippen molar-refractivity contribution in [3.05, 3.63) is 105 Å². The van der Waals surface area contributed by atoms with Crippen molar-refractivity contribution in [1.29, 1.82) is 0 Å². The average Bonchev–Trinajstić information content (AvgIpc) is 3.75. The molecule has 3 amide bonds. The molecule has 0 unspecified atom stereocenters. The van der Waals surface area contributed by atoms with Crippen LogP contribution in [-0.4, -0.2) is 82.8 Å². The Morgan fingerprint density at radius 3 is 2.54 bits per heavy atom. The Labute approximate surface area is 290 Å². The zero-order valence-corrected chi connectivity index (χ0v) is 28.4. The number of likely N-dealkylation sites (N-methyl/N-ethyl adjacent to an activating group) is 2. The van der Waals surface area contributed by atoms with Crippen LogP contribution >= 0.6 is 11.3 Å². The number of carbonyl (C=O) groups excluding carboxylic acids is 3. The van der Waals surface area contributed by atoms with Gasteiger partial charge in [-0.05, 0) is 44.2 Å². The number of rotatable bonds is 11. The quantitative estimate of drug-likeness (QED) is 0.220. The van der Waals surface area contributed by atoms with Gasteiger partial charge in [0.05, 0.1) is 31.1 Å². The molecule has 2 aliphatic heterocycles. The van der Waals surface area contributed by atoms with E-state index in [1.165, 1.54) is 4.90 Å². The molecule has 0 radical (unpaired) electrons. The zero-order chi connectivity index (χ0) is 35.6. The van der Waals surface area contributed by atoms with Gasteiger partial charge in [0.25, 0.3) is 11.8 Å². The van der Waals surface area contributed by atoms with Crippen molar-refractivity contribution >= 4 is 34.9 Å². The van der Waals surface area contributed by atoms with E-state index in [9.17, 15) is 27.6 Å². The average molecular weight is 708 g/mol. The van der Waals surface area contributed by atoms with E-state index >= 15 is 0 Å². The van der Waals surface area contributed by atoms with Crippen LogP contribution in [0.2, 0.25) is 0 Å². The van der Waals surface area contributed by atoms with Gasteiger partial charge in [0.1, 0.15) is 17.6 Å². The molecule has 2 atom stereocenters. The maximum atomic E-state index is 14.3.